The monoisotopic (exact) mass is 359 g/mol. The van der Waals surface area contributed by atoms with Gasteiger partial charge in [0.2, 0.25) is 0 Å². The van der Waals surface area contributed by atoms with Crippen molar-refractivity contribution in [1.82, 2.24) is 14.4 Å². The second-order valence-electron chi connectivity index (χ2n) is 6.67. The van der Waals surface area contributed by atoms with Gasteiger partial charge in [-0.1, -0.05) is 32.0 Å². The van der Waals surface area contributed by atoms with Crippen molar-refractivity contribution in [3.05, 3.63) is 72.8 Å². The molecule has 0 atom stereocenters. The maximum atomic E-state index is 4.56. The fourth-order valence-electron chi connectivity index (χ4n) is 2.98. The number of aromatic nitrogens is 3. The zero-order chi connectivity index (χ0) is 18.1. The SMILES string of the molecule is Cc1ccc(-c2ccc3ncc(-c4ccc(SC(C)C)cc4)n3c2)cn1. The van der Waals surface area contributed by atoms with E-state index in [0.29, 0.717) is 5.25 Å². The summed E-state index contributed by atoms with van der Waals surface area (Å²) in [6, 6.07) is 17.0. The van der Waals surface area contributed by atoms with Crippen LogP contribution in [0.25, 0.3) is 28.0 Å². The molecule has 130 valence electrons. The molecule has 0 amide bonds. The number of pyridine rings is 2. The molecule has 26 heavy (non-hydrogen) atoms. The first-order valence-corrected chi connectivity index (χ1v) is 9.65. The van der Waals surface area contributed by atoms with Gasteiger partial charge in [-0.25, -0.2) is 4.98 Å². The minimum Gasteiger partial charge on any atom is -0.299 e. The molecule has 0 aliphatic rings. The van der Waals surface area contributed by atoms with Gasteiger partial charge in [0.1, 0.15) is 5.65 Å². The Morgan fingerprint density at radius 3 is 2.23 bits per heavy atom. The lowest BCUT2D eigenvalue weighted by atomic mass is 10.1. The molecule has 0 fully saturated rings. The molecule has 4 aromatic rings. The molecule has 3 nitrogen and oxygen atoms in total. The van der Waals surface area contributed by atoms with Crippen molar-refractivity contribution in [1.29, 1.82) is 0 Å². The number of hydrogen-bond donors (Lipinski definition) is 0. The quantitative estimate of drug-likeness (QED) is 0.427. The van der Waals surface area contributed by atoms with Crippen LogP contribution in [0.3, 0.4) is 0 Å². The third-order valence-corrected chi connectivity index (χ3v) is 5.29. The van der Waals surface area contributed by atoms with Crippen LogP contribution < -0.4 is 0 Å². The highest BCUT2D eigenvalue weighted by molar-refractivity contribution is 7.99. The van der Waals surface area contributed by atoms with E-state index in [1.807, 2.05) is 37.1 Å². The van der Waals surface area contributed by atoms with Crippen LogP contribution in [0.1, 0.15) is 19.5 Å². The first kappa shape index (κ1) is 16.9. The van der Waals surface area contributed by atoms with Gasteiger partial charge < -0.3 is 0 Å². The van der Waals surface area contributed by atoms with Crippen LogP contribution in [0.5, 0.6) is 0 Å². The standard InChI is InChI=1S/C22H21N3S/c1-15(2)26-20-9-6-17(7-10-20)21-13-24-22-11-8-19(14-25(21)22)18-5-4-16(3)23-12-18/h4-15H,1-3H3. The Labute approximate surface area is 158 Å². The molecule has 3 aromatic heterocycles. The molecule has 0 saturated heterocycles. The van der Waals surface area contributed by atoms with Crippen LogP contribution in [-0.4, -0.2) is 19.6 Å². The highest BCUT2D eigenvalue weighted by Gasteiger charge is 2.08. The van der Waals surface area contributed by atoms with Gasteiger partial charge >= 0.3 is 0 Å². The summed E-state index contributed by atoms with van der Waals surface area (Å²) in [4.78, 5) is 10.3. The van der Waals surface area contributed by atoms with Gasteiger partial charge in [0.15, 0.2) is 0 Å². The summed E-state index contributed by atoms with van der Waals surface area (Å²) >= 11 is 1.88. The van der Waals surface area contributed by atoms with Gasteiger partial charge in [-0.15, -0.1) is 11.8 Å². The second kappa shape index (κ2) is 6.96. The van der Waals surface area contributed by atoms with Crippen LogP contribution in [0.4, 0.5) is 0 Å². The third-order valence-electron chi connectivity index (χ3n) is 4.27. The molecule has 1 aromatic carbocycles. The molecule has 0 unspecified atom stereocenters. The van der Waals surface area contributed by atoms with Crippen molar-refractivity contribution in [2.45, 2.75) is 30.9 Å². The van der Waals surface area contributed by atoms with Crippen molar-refractivity contribution in [2.75, 3.05) is 0 Å². The molecular weight excluding hydrogens is 338 g/mol. The number of aryl methyl sites for hydroxylation is 1. The average Bonchev–Trinajstić information content (AvgIpc) is 3.06. The van der Waals surface area contributed by atoms with Crippen molar-refractivity contribution < 1.29 is 0 Å². The minimum atomic E-state index is 0.585. The van der Waals surface area contributed by atoms with E-state index in [1.165, 1.54) is 10.5 Å². The van der Waals surface area contributed by atoms with Gasteiger partial charge in [-0.05, 0) is 37.3 Å². The smallest absolute Gasteiger partial charge is 0.137 e. The molecule has 4 heteroatoms. The zero-order valence-corrected chi connectivity index (χ0v) is 16.0. The minimum absolute atomic E-state index is 0.585. The summed E-state index contributed by atoms with van der Waals surface area (Å²) in [6.07, 6.45) is 6.00. The number of nitrogens with zero attached hydrogens (tertiary/aromatic N) is 3. The van der Waals surface area contributed by atoms with E-state index >= 15 is 0 Å². The van der Waals surface area contributed by atoms with Gasteiger partial charge in [0.25, 0.3) is 0 Å². The maximum absolute atomic E-state index is 4.56. The molecule has 0 N–H and O–H groups in total. The van der Waals surface area contributed by atoms with Crippen molar-refractivity contribution in [3.63, 3.8) is 0 Å². The lowest BCUT2D eigenvalue weighted by Crippen LogP contribution is -1.91. The highest BCUT2D eigenvalue weighted by atomic mass is 32.2. The van der Waals surface area contributed by atoms with E-state index in [9.17, 15) is 0 Å². The lowest BCUT2D eigenvalue weighted by molar-refractivity contribution is 1.11. The van der Waals surface area contributed by atoms with Crippen molar-refractivity contribution >= 4 is 17.4 Å². The Morgan fingerprint density at radius 1 is 0.808 bits per heavy atom. The second-order valence-corrected chi connectivity index (χ2v) is 8.32. The van der Waals surface area contributed by atoms with Crippen LogP contribution in [0, 0.1) is 6.92 Å². The van der Waals surface area contributed by atoms with Crippen LogP contribution in [-0.2, 0) is 0 Å². The fraction of sp³-hybridized carbons (Fsp3) is 0.182. The summed E-state index contributed by atoms with van der Waals surface area (Å²) in [5, 5.41) is 0.585. The number of hydrogen-bond acceptors (Lipinski definition) is 3. The molecule has 0 aliphatic carbocycles. The van der Waals surface area contributed by atoms with Crippen molar-refractivity contribution in [3.8, 4) is 22.4 Å². The first-order valence-electron chi connectivity index (χ1n) is 8.77. The Morgan fingerprint density at radius 2 is 1.54 bits per heavy atom. The molecule has 0 radical (unpaired) electrons. The van der Waals surface area contributed by atoms with E-state index in [-0.39, 0.29) is 0 Å². The van der Waals surface area contributed by atoms with Gasteiger partial charge in [0.05, 0.1) is 11.9 Å². The summed E-state index contributed by atoms with van der Waals surface area (Å²) in [5.74, 6) is 0. The average molecular weight is 359 g/mol. The highest BCUT2D eigenvalue weighted by Crippen LogP contribution is 2.28. The predicted molar refractivity (Wildman–Crippen MR) is 110 cm³/mol. The number of benzene rings is 1. The number of rotatable bonds is 4. The number of thioether (sulfide) groups is 1. The van der Waals surface area contributed by atoms with Crippen LogP contribution in [0.15, 0.2) is 72.0 Å². The van der Waals surface area contributed by atoms with E-state index in [1.54, 1.807) is 0 Å². The van der Waals surface area contributed by atoms with E-state index in [2.05, 4.69) is 76.9 Å². The van der Waals surface area contributed by atoms with Crippen molar-refractivity contribution in [2.24, 2.45) is 0 Å². The van der Waals surface area contributed by atoms with E-state index < -0.39 is 0 Å². The van der Waals surface area contributed by atoms with Crippen LogP contribution in [0.2, 0.25) is 0 Å². The molecule has 0 saturated carbocycles. The molecule has 0 aliphatic heterocycles. The summed E-state index contributed by atoms with van der Waals surface area (Å²) in [7, 11) is 0. The normalized spacial score (nSPS) is 11.4. The van der Waals surface area contributed by atoms with E-state index in [4.69, 9.17) is 0 Å². The van der Waals surface area contributed by atoms with Gasteiger partial charge in [0, 0.05) is 44.9 Å². The summed E-state index contributed by atoms with van der Waals surface area (Å²) in [6.45, 7) is 6.43. The Kier molecular flexibility index (Phi) is 4.51. The zero-order valence-electron chi connectivity index (χ0n) is 15.2. The first-order chi connectivity index (χ1) is 12.6. The molecule has 4 rings (SSSR count). The number of imidazole rings is 1. The largest absolute Gasteiger partial charge is 0.299 e. The Hall–Kier alpha value is -2.59. The molecular formula is C22H21N3S. The Balaban J connectivity index is 1.73. The predicted octanol–water partition coefficient (Wildman–Crippen LogP) is 5.87. The summed E-state index contributed by atoms with van der Waals surface area (Å²) < 4.78 is 2.15. The fourth-order valence-corrected chi connectivity index (χ4v) is 3.82. The maximum Gasteiger partial charge on any atom is 0.137 e. The lowest BCUT2D eigenvalue weighted by Gasteiger charge is -2.08. The summed E-state index contributed by atoms with van der Waals surface area (Å²) in [5.41, 5.74) is 6.49. The van der Waals surface area contributed by atoms with Gasteiger partial charge in [-0.3, -0.25) is 9.38 Å². The Bertz CT molecular complexity index is 1030. The van der Waals surface area contributed by atoms with Gasteiger partial charge in [-0.2, -0.15) is 0 Å². The molecule has 3 heterocycles. The number of fused-ring (bicyclic) bond motifs is 1. The van der Waals surface area contributed by atoms with Crippen LogP contribution >= 0.6 is 11.8 Å². The topological polar surface area (TPSA) is 30.2 Å². The molecule has 0 spiro atoms. The molecule has 0 bridgehead atoms. The third kappa shape index (κ3) is 3.37. The van der Waals surface area contributed by atoms with E-state index in [0.717, 1.165) is 28.2 Å².